The van der Waals surface area contributed by atoms with Crippen molar-refractivity contribution in [1.82, 2.24) is 15.1 Å². The van der Waals surface area contributed by atoms with Gasteiger partial charge in [-0.15, -0.1) is 0 Å². The summed E-state index contributed by atoms with van der Waals surface area (Å²) in [6, 6.07) is -0.509. The SMILES string of the molecule is CCN1CCC[C@@H]1CN1C[C@@H](C(=O)N[C@H](CC(C)C)C(=O)O)CC1=O. The van der Waals surface area contributed by atoms with E-state index < -0.39 is 17.9 Å². The van der Waals surface area contributed by atoms with Crippen LogP contribution in [0.25, 0.3) is 0 Å². The van der Waals surface area contributed by atoms with Crippen molar-refractivity contribution in [2.24, 2.45) is 11.8 Å². The fourth-order valence-corrected chi connectivity index (χ4v) is 3.88. The molecule has 2 saturated heterocycles. The van der Waals surface area contributed by atoms with Crippen LogP contribution in [-0.4, -0.2) is 71.0 Å². The first-order valence-electron chi connectivity index (χ1n) is 9.36. The standard InChI is InChI=1S/C18H31N3O4/c1-4-20-7-5-6-14(20)11-21-10-13(9-16(21)22)17(23)19-15(18(24)25)8-12(2)3/h12-15H,4-11H2,1-3H3,(H,19,23)(H,24,25)/t13-,14+,15+/m0/s1. The first-order valence-corrected chi connectivity index (χ1v) is 9.36. The van der Waals surface area contributed by atoms with Crippen molar-refractivity contribution < 1.29 is 19.5 Å². The fraction of sp³-hybridized carbons (Fsp3) is 0.833. The topological polar surface area (TPSA) is 89.9 Å². The van der Waals surface area contributed by atoms with E-state index in [2.05, 4.69) is 17.1 Å². The van der Waals surface area contributed by atoms with Crippen molar-refractivity contribution in [2.45, 2.75) is 58.5 Å². The maximum atomic E-state index is 12.4. The molecule has 7 nitrogen and oxygen atoms in total. The Morgan fingerprint density at radius 2 is 2.08 bits per heavy atom. The predicted molar refractivity (Wildman–Crippen MR) is 94.0 cm³/mol. The number of likely N-dealkylation sites (N-methyl/N-ethyl adjacent to an activating group) is 1. The second-order valence-electron chi connectivity index (χ2n) is 7.65. The highest BCUT2D eigenvalue weighted by Crippen LogP contribution is 2.23. The van der Waals surface area contributed by atoms with Gasteiger partial charge in [-0.2, -0.15) is 0 Å². The zero-order valence-electron chi connectivity index (χ0n) is 15.5. The molecule has 2 amide bonds. The molecule has 0 aliphatic carbocycles. The number of amides is 2. The lowest BCUT2D eigenvalue weighted by molar-refractivity contribution is -0.142. The minimum absolute atomic E-state index is 0.00108. The average molecular weight is 353 g/mol. The molecule has 2 N–H and O–H groups in total. The Morgan fingerprint density at radius 3 is 2.68 bits per heavy atom. The van der Waals surface area contributed by atoms with Crippen LogP contribution in [0.2, 0.25) is 0 Å². The Kier molecular flexibility index (Phi) is 6.81. The lowest BCUT2D eigenvalue weighted by Gasteiger charge is -2.27. The van der Waals surface area contributed by atoms with E-state index in [9.17, 15) is 19.5 Å². The highest BCUT2D eigenvalue weighted by atomic mass is 16.4. The van der Waals surface area contributed by atoms with Crippen molar-refractivity contribution in [1.29, 1.82) is 0 Å². The van der Waals surface area contributed by atoms with Crippen molar-refractivity contribution in [3.8, 4) is 0 Å². The molecule has 2 heterocycles. The van der Waals surface area contributed by atoms with Crippen LogP contribution in [0.4, 0.5) is 0 Å². The predicted octanol–water partition coefficient (Wildman–Crippen LogP) is 0.935. The van der Waals surface area contributed by atoms with E-state index in [1.165, 1.54) is 0 Å². The molecular weight excluding hydrogens is 322 g/mol. The number of hydrogen-bond acceptors (Lipinski definition) is 4. The lowest BCUT2D eigenvalue weighted by Crippen LogP contribution is -2.45. The van der Waals surface area contributed by atoms with Crippen LogP contribution in [0.1, 0.15) is 46.5 Å². The summed E-state index contributed by atoms with van der Waals surface area (Å²) in [4.78, 5) is 40.2. The van der Waals surface area contributed by atoms with Gasteiger partial charge in [0.1, 0.15) is 6.04 Å². The van der Waals surface area contributed by atoms with Gasteiger partial charge in [-0.05, 0) is 38.3 Å². The fourth-order valence-electron chi connectivity index (χ4n) is 3.88. The van der Waals surface area contributed by atoms with Crippen molar-refractivity contribution >= 4 is 17.8 Å². The quantitative estimate of drug-likeness (QED) is 0.678. The number of hydrogen-bond donors (Lipinski definition) is 2. The molecule has 142 valence electrons. The molecule has 2 rings (SSSR count). The molecule has 2 aliphatic heterocycles. The Labute approximate surface area is 149 Å². The number of nitrogens with one attached hydrogen (secondary N) is 1. The summed E-state index contributed by atoms with van der Waals surface area (Å²) in [5.41, 5.74) is 0. The van der Waals surface area contributed by atoms with Crippen LogP contribution in [-0.2, 0) is 14.4 Å². The van der Waals surface area contributed by atoms with Gasteiger partial charge in [0, 0.05) is 25.6 Å². The number of carboxylic acids is 1. The smallest absolute Gasteiger partial charge is 0.326 e. The third-order valence-electron chi connectivity index (χ3n) is 5.24. The molecule has 0 aromatic heterocycles. The van der Waals surface area contributed by atoms with Crippen molar-refractivity contribution in [2.75, 3.05) is 26.2 Å². The van der Waals surface area contributed by atoms with Crippen LogP contribution in [0.3, 0.4) is 0 Å². The summed E-state index contributed by atoms with van der Waals surface area (Å²) >= 11 is 0. The zero-order valence-corrected chi connectivity index (χ0v) is 15.5. The Balaban J connectivity index is 1.90. The molecule has 0 spiro atoms. The summed E-state index contributed by atoms with van der Waals surface area (Å²) in [6.07, 6.45) is 2.81. The highest BCUT2D eigenvalue weighted by Gasteiger charge is 2.38. The van der Waals surface area contributed by atoms with Gasteiger partial charge in [0.25, 0.3) is 0 Å². The summed E-state index contributed by atoms with van der Waals surface area (Å²) in [5.74, 6) is -1.61. The monoisotopic (exact) mass is 353 g/mol. The molecule has 3 atom stereocenters. The third kappa shape index (κ3) is 5.17. The number of carbonyl (C=O) groups is 3. The van der Waals surface area contributed by atoms with Gasteiger partial charge < -0.3 is 15.3 Å². The molecule has 0 bridgehead atoms. The van der Waals surface area contributed by atoms with Crippen LogP contribution in [0.5, 0.6) is 0 Å². The Bertz CT molecular complexity index is 509. The van der Waals surface area contributed by atoms with Gasteiger partial charge in [-0.1, -0.05) is 20.8 Å². The van der Waals surface area contributed by atoms with E-state index in [1.807, 2.05) is 13.8 Å². The lowest BCUT2D eigenvalue weighted by atomic mass is 10.0. The number of nitrogens with zero attached hydrogens (tertiary/aromatic N) is 2. The van der Waals surface area contributed by atoms with Gasteiger partial charge in [-0.25, -0.2) is 4.79 Å². The molecule has 0 radical (unpaired) electrons. The van der Waals surface area contributed by atoms with Crippen LogP contribution in [0, 0.1) is 11.8 Å². The molecule has 2 fully saturated rings. The van der Waals surface area contributed by atoms with Gasteiger partial charge >= 0.3 is 5.97 Å². The molecule has 0 unspecified atom stereocenters. The van der Waals surface area contributed by atoms with Crippen molar-refractivity contribution in [3.05, 3.63) is 0 Å². The van der Waals surface area contributed by atoms with E-state index in [0.29, 0.717) is 25.6 Å². The molecule has 0 aromatic rings. The van der Waals surface area contributed by atoms with E-state index in [-0.39, 0.29) is 24.2 Å². The number of aliphatic carboxylic acids is 1. The zero-order chi connectivity index (χ0) is 18.6. The summed E-state index contributed by atoms with van der Waals surface area (Å²) in [7, 11) is 0. The minimum atomic E-state index is -1.02. The van der Waals surface area contributed by atoms with Crippen LogP contribution < -0.4 is 5.32 Å². The number of carbonyl (C=O) groups excluding carboxylic acids is 2. The second kappa shape index (κ2) is 8.65. The van der Waals surface area contributed by atoms with E-state index >= 15 is 0 Å². The number of carboxylic acid groups (broad SMARTS) is 1. The van der Waals surface area contributed by atoms with E-state index in [4.69, 9.17) is 0 Å². The minimum Gasteiger partial charge on any atom is -0.480 e. The normalized spacial score (nSPS) is 25.6. The first kappa shape index (κ1) is 19.7. The number of likely N-dealkylation sites (tertiary alicyclic amines) is 2. The Morgan fingerprint density at radius 1 is 1.36 bits per heavy atom. The van der Waals surface area contributed by atoms with Gasteiger partial charge in [0.15, 0.2) is 0 Å². The molecule has 25 heavy (non-hydrogen) atoms. The van der Waals surface area contributed by atoms with Crippen molar-refractivity contribution in [3.63, 3.8) is 0 Å². The number of rotatable bonds is 8. The van der Waals surface area contributed by atoms with E-state index in [0.717, 1.165) is 25.9 Å². The second-order valence-corrected chi connectivity index (χ2v) is 7.65. The summed E-state index contributed by atoms with van der Waals surface area (Å²) < 4.78 is 0. The molecule has 0 saturated carbocycles. The van der Waals surface area contributed by atoms with Gasteiger partial charge in [0.2, 0.25) is 11.8 Å². The van der Waals surface area contributed by atoms with E-state index in [1.54, 1.807) is 4.90 Å². The van der Waals surface area contributed by atoms with Gasteiger partial charge in [0.05, 0.1) is 5.92 Å². The Hall–Kier alpha value is -1.63. The largest absolute Gasteiger partial charge is 0.480 e. The molecule has 7 heteroatoms. The molecule has 2 aliphatic rings. The third-order valence-corrected chi connectivity index (χ3v) is 5.24. The summed E-state index contributed by atoms with van der Waals surface area (Å²) in [5, 5.41) is 11.9. The highest BCUT2D eigenvalue weighted by molar-refractivity contribution is 5.91. The van der Waals surface area contributed by atoms with Crippen LogP contribution in [0.15, 0.2) is 0 Å². The summed E-state index contributed by atoms with van der Waals surface area (Å²) in [6.45, 7) is 9.08. The first-order chi connectivity index (χ1) is 11.8. The maximum Gasteiger partial charge on any atom is 0.326 e. The molecular formula is C18H31N3O4. The average Bonchev–Trinajstić information content (AvgIpc) is 3.13. The molecule has 0 aromatic carbocycles. The maximum absolute atomic E-state index is 12.4. The van der Waals surface area contributed by atoms with Crippen LogP contribution >= 0.6 is 0 Å². The van der Waals surface area contributed by atoms with Gasteiger partial charge in [-0.3, -0.25) is 14.5 Å².